The highest BCUT2D eigenvalue weighted by molar-refractivity contribution is 6.08. The molecule has 2 heterocycles. The average Bonchev–Trinajstić information content (AvgIpc) is 3.30. The first kappa shape index (κ1) is 23.0. The van der Waals surface area contributed by atoms with Crippen molar-refractivity contribution in [1.82, 2.24) is 19.6 Å². The molecule has 176 valence electrons. The quantitative estimate of drug-likeness (QED) is 0.630. The summed E-state index contributed by atoms with van der Waals surface area (Å²) in [6, 6.07) is 15.7. The van der Waals surface area contributed by atoms with E-state index in [1.54, 1.807) is 65.2 Å². The number of nitrogens with one attached hydrogen (secondary N) is 1. The number of ether oxygens (including phenoxy) is 1. The van der Waals surface area contributed by atoms with Crippen LogP contribution >= 0.6 is 0 Å². The standard InChI is InChI=1S/C25H27N5O4/c1-17(31)30-15-14-29(16-22(30)19-9-5-7-11-23(19)34-3)25(33)18-8-4-6-10-20(18)26-24(32)21-12-13-28(2)27-21/h4-13,22H,14-16H2,1-3H3,(H,26,32). The minimum atomic E-state index is -0.394. The molecule has 4 rings (SSSR count). The smallest absolute Gasteiger partial charge is 0.276 e. The zero-order valence-corrected chi connectivity index (χ0v) is 19.4. The third-order valence-electron chi connectivity index (χ3n) is 5.92. The molecule has 0 saturated carbocycles. The van der Waals surface area contributed by atoms with Crippen molar-refractivity contribution in [2.24, 2.45) is 7.05 Å². The van der Waals surface area contributed by atoms with Crippen LogP contribution in [0.4, 0.5) is 5.69 Å². The van der Waals surface area contributed by atoms with E-state index in [0.29, 0.717) is 36.6 Å². The third-order valence-corrected chi connectivity index (χ3v) is 5.92. The lowest BCUT2D eigenvalue weighted by molar-refractivity contribution is -0.133. The Labute approximate surface area is 197 Å². The van der Waals surface area contributed by atoms with Crippen LogP contribution in [0.15, 0.2) is 60.8 Å². The van der Waals surface area contributed by atoms with Gasteiger partial charge in [0, 0.05) is 45.4 Å². The van der Waals surface area contributed by atoms with E-state index in [1.165, 1.54) is 6.92 Å². The molecule has 0 spiro atoms. The predicted molar refractivity (Wildman–Crippen MR) is 127 cm³/mol. The molecule has 3 amide bonds. The molecule has 0 radical (unpaired) electrons. The number of amides is 3. The summed E-state index contributed by atoms with van der Waals surface area (Å²) in [6.07, 6.45) is 1.68. The number of benzene rings is 2. The second-order valence-electron chi connectivity index (χ2n) is 8.10. The van der Waals surface area contributed by atoms with Gasteiger partial charge in [-0.3, -0.25) is 19.1 Å². The molecule has 1 fully saturated rings. The maximum atomic E-state index is 13.6. The molecule has 1 aliphatic rings. The number of anilines is 1. The van der Waals surface area contributed by atoms with Gasteiger partial charge in [-0.2, -0.15) is 5.10 Å². The number of rotatable bonds is 5. The first-order valence-electron chi connectivity index (χ1n) is 11.0. The zero-order valence-electron chi connectivity index (χ0n) is 19.4. The van der Waals surface area contributed by atoms with Gasteiger partial charge in [0.2, 0.25) is 5.91 Å². The molecule has 1 saturated heterocycles. The molecule has 0 bridgehead atoms. The fraction of sp³-hybridized carbons (Fsp3) is 0.280. The third kappa shape index (κ3) is 4.63. The molecule has 1 atom stereocenters. The largest absolute Gasteiger partial charge is 0.496 e. The Bertz CT molecular complexity index is 1220. The lowest BCUT2D eigenvalue weighted by Crippen LogP contribution is -2.52. The maximum absolute atomic E-state index is 13.6. The molecule has 2 aromatic carbocycles. The first-order valence-corrected chi connectivity index (χ1v) is 11.0. The fourth-order valence-corrected chi connectivity index (χ4v) is 4.22. The minimum absolute atomic E-state index is 0.0639. The number of carbonyl (C=O) groups excluding carboxylic acids is 3. The van der Waals surface area contributed by atoms with Crippen LogP contribution in [0.3, 0.4) is 0 Å². The molecule has 1 aliphatic heterocycles. The minimum Gasteiger partial charge on any atom is -0.496 e. The van der Waals surface area contributed by atoms with Crippen LogP contribution in [0, 0.1) is 0 Å². The fourth-order valence-electron chi connectivity index (χ4n) is 4.22. The van der Waals surface area contributed by atoms with Crippen molar-refractivity contribution in [3.05, 3.63) is 77.6 Å². The lowest BCUT2D eigenvalue weighted by Gasteiger charge is -2.41. The van der Waals surface area contributed by atoms with Crippen molar-refractivity contribution in [3.63, 3.8) is 0 Å². The van der Waals surface area contributed by atoms with E-state index < -0.39 is 5.91 Å². The topological polar surface area (TPSA) is 96.8 Å². The van der Waals surface area contributed by atoms with Gasteiger partial charge in [-0.15, -0.1) is 0 Å². The van der Waals surface area contributed by atoms with Gasteiger partial charge in [0.1, 0.15) is 5.75 Å². The van der Waals surface area contributed by atoms with E-state index in [-0.39, 0.29) is 23.6 Å². The molecule has 1 unspecified atom stereocenters. The Balaban J connectivity index is 1.60. The predicted octanol–water partition coefficient (Wildman–Crippen LogP) is 2.73. The van der Waals surface area contributed by atoms with Crippen molar-refractivity contribution in [2.45, 2.75) is 13.0 Å². The van der Waals surface area contributed by atoms with Gasteiger partial charge in [-0.25, -0.2) is 0 Å². The number of para-hydroxylation sites is 2. The van der Waals surface area contributed by atoms with Crippen LogP contribution in [0.5, 0.6) is 5.75 Å². The maximum Gasteiger partial charge on any atom is 0.276 e. The number of methoxy groups -OCH3 is 1. The van der Waals surface area contributed by atoms with Crippen molar-refractivity contribution in [1.29, 1.82) is 0 Å². The van der Waals surface area contributed by atoms with E-state index in [1.807, 2.05) is 24.3 Å². The van der Waals surface area contributed by atoms with Crippen molar-refractivity contribution in [2.75, 3.05) is 32.1 Å². The highest BCUT2D eigenvalue weighted by atomic mass is 16.5. The van der Waals surface area contributed by atoms with E-state index in [4.69, 9.17) is 4.74 Å². The van der Waals surface area contributed by atoms with E-state index in [2.05, 4.69) is 10.4 Å². The molecule has 1 N–H and O–H groups in total. The molecule has 9 heteroatoms. The molecule has 1 aromatic heterocycles. The molecule has 34 heavy (non-hydrogen) atoms. The van der Waals surface area contributed by atoms with Crippen LogP contribution in [0.1, 0.15) is 39.4 Å². The normalized spacial score (nSPS) is 15.7. The van der Waals surface area contributed by atoms with Crippen LogP contribution in [0.2, 0.25) is 0 Å². The van der Waals surface area contributed by atoms with Gasteiger partial charge in [-0.1, -0.05) is 30.3 Å². The van der Waals surface area contributed by atoms with Gasteiger partial charge in [0.25, 0.3) is 11.8 Å². The Morgan fingerprint density at radius 2 is 1.76 bits per heavy atom. The van der Waals surface area contributed by atoms with Crippen molar-refractivity contribution < 1.29 is 19.1 Å². The number of carbonyl (C=O) groups is 3. The van der Waals surface area contributed by atoms with Gasteiger partial charge in [0.05, 0.1) is 24.4 Å². The summed E-state index contributed by atoms with van der Waals surface area (Å²) >= 11 is 0. The molecular weight excluding hydrogens is 434 g/mol. The number of hydrogen-bond donors (Lipinski definition) is 1. The molecular formula is C25H27N5O4. The summed E-state index contributed by atoms with van der Waals surface area (Å²) < 4.78 is 7.06. The molecule has 0 aliphatic carbocycles. The Morgan fingerprint density at radius 3 is 2.47 bits per heavy atom. The van der Waals surface area contributed by atoms with Crippen molar-refractivity contribution >= 4 is 23.4 Å². The Morgan fingerprint density at radius 1 is 1.03 bits per heavy atom. The second kappa shape index (κ2) is 9.78. The highest BCUT2D eigenvalue weighted by Gasteiger charge is 2.34. The van der Waals surface area contributed by atoms with Crippen LogP contribution < -0.4 is 10.1 Å². The van der Waals surface area contributed by atoms with Gasteiger partial charge in [-0.05, 0) is 24.3 Å². The number of piperazine rings is 1. The summed E-state index contributed by atoms with van der Waals surface area (Å²) in [5.74, 6) is -0.0173. The summed E-state index contributed by atoms with van der Waals surface area (Å²) in [4.78, 5) is 42.0. The molecule has 3 aromatic rings. The Hall–Kier alpha value is -4.14. The van der Waals surface area contributed by atoms with Crippen molar-refractivity contribution in [3.8, 4) is 5.75 Å². The zero-order chi connectivity index (χ0) is 24.2. The highest BCUT2D eigenvalue weighted by Crippen LogP contribution is 2.33. The summed E-state index contributed by atoms with van der Waals surface area (Å²) in [5, 5.41) is 6.92. The van der Waals surface area contributed by atoms with Crippen LogP contribution in [-0.2, 0) is 11.8 Å². The van der Waals surface area contributed by atoms with Crippen LogP contribution in [-0.4, -0.2) is 64.0 Å². The summed E-state index contributed by atoms with van der Waals surface area (Å²) in [6.45, 7) is 2.61. The number of aromatic nitrogens is 2. The van der Waals surface area contributed by atoms with Gasteiger partial charge in [0.15, 0.2) is 5.69 Å². The number of hydrogen-bond acceptors (Lipinski definition) is 5. The van der Waals surface area contributed by atoms with Gasteiger partial charge >= 0.3 is 0 Å². The Kier molecular flexibility index (Phi) is 6.62. The monoisotopic (exact) mass is 461 g/mol. The van der Waals surface area contributed by atoms with E-state index in [0.717, 1.165) is 5.56 Å². The second-order valence-corrected chi connectivity index (χ2v) is 8.10. The number of nitrogens with zero attached hydrogens (tertiary/aromatic N) is 4. The summed E-state index contributed by atoms with van der Waals surface area (Å²) in [5.41, 5.74) is 1.89. The van der Waals surface area contributed by atoms with E-state index >= 15 is 0 Å². The van der Waals surface area contributed by atoms with Gasteiger partial charge < -0.3 is 19.9 Å². The molecule has 9 nitrogen and oxygen atoms in total. The van der Waals surface area contributed by atoms with E-state index in [9.17, 15) is 14.4 Å². The number of aryl methyl sites for hydroxylation is 1. The summed E-state index contributed by atoms with van der Waals surface area (Å²) in [7, 11) is 3.32. The first-order chi connectivity index (χ1) is 16.4. The average molecular weight is 462 g/mol. The SMILES string of the molecule is COc1ccccc1C1CN(C(=O)c2ccccc2NC(=O)c2ccn(C)n2)CCN1C(C)=O. The lowest BCUT2D eigenvalue weighted by atomic mass is 10.00. The van der Waals surface area contributed by atoms with Crippen LogP contribution in [0.25, 0.3) is 0 Å².